The number of benzene rings is 4. The van der Waals surface area contributed by atoms with Gasteiger partial charge in [-0.3, -0.25) is 0 Å². The summed E-state index contributed by atoms with van der Waals surface area (Å²) in [5, 5.41) is 5.19. The van der Waals surface area contributed by atoms with Crippen molar-refractivity contribution >= 4 is 27.0 Å². The second-order valence-electron chi connectivity index (χ2n) is 17.9. The Labute approximate surface area is 366 Å². The van der Waals surface area contributed by atoms with E-state index in [0.29, 0.717) is 5.92 Å². The molecular weight excluding hydrogens is 910 g/mol. The van der Waals surface area contributed by atoms with Gasteiger partial charge in [-0.1, -0.05) is 121 Å². The molecule has 0 saturated carbocycles. The average Bonchev–Trinajstić information content (AvgIpc) is 3.64. The zero-order valence-corrected chi connectivity index (χ0v) is 43.2. The number of hydrogen-bond acceptors (Lipinski definition) is 2. The molecule has 0 aliphatic rings. The molecule has 2 nitrogen and oxygen atoms in total. The molecule has 0 amide bonds. The van der Waals surface area contributed by atoms with E-state index < -0.39 is 0 Å². The topological polar surface area (TPSA) is 18.5 Å². The Balaban J connectivity index is 0.000000343. The van der Waals surface area contributed by atoms with Crippen LogP contribution in [0.15, 0.2) is 72.8 Å². The van der Waals surface area contributed by atoms with Gasteiger partial charge in [0.05, 0.1) is 14.2 Å². The zero-order valence-electron chi connectivity index (χ0n) is 37.1. The summed E-state index contributed by atoms with van der Waals surface area (Å²) in [6, 6.07) is 27.4. The van der Waals surface area contributed by atoms with Gasteiger partial charge in [-0.05, 0) is 77.8 Å². The van der Waals surface area contributed by atoms with Crippen molar-refractivity contribution in [2.75, 3.05) is 14.2 Å². The van der Waals surface area contributed by atoms with E-state index in [4.69, 9.17) is 9.47 Å². The molecule has 6 rings (SSSR count). The summed E-state index contributed by atoms with van der Waals surface area (Å²) in [5.41, 5.74) is 15.6. The van der Waals surface area contributed by atoms with Crippen LogP contribution in [0.4, 0.5) is 0 Å². The maximum atomic E-state index is 6.01. The summed E-state index contributed by atoms with van der Waals surface area (Å²) in [4.78, 5) is 0. The van der Waals surface area contributed by atoms with Gasteiger partial charge >= 0.3 is 41.6 Å². The minimum atomic E-state index is 0. The zero-order chi connectivity index (χ0) is 40.4. The summed E-state index contributed by atoms with van der Waals surface area (Å²) in [6.45, 7) is 33.5. The van der Waals surface area contributed by atoms with Gasteiger partial charge in [0.15, 0.2) is 0 Å². The van der Waals surface area contributed by atoms with Gasteiger partial charge in [-0.2, -0.15) is 12.1 Å². The second-order valence-corrected chi connectivity index (χ2v) is 30.7. The van der Waals surface area contributed by atoms with Crippen molar-refractivity contribution in [3.8, 4) is 33.8 Å². The molecule has 300 valence electrons. The predicted octanol–water partition coefficient (Wildman–Crippen LogP) is 8.52. The van der Waals surface area contributed by atoms with E-state index in [1.54, 1.807) is 14.2 Å². The smallest absolute Gasteiger partial charge is 1.00 e. The van der Waals surface area contributed by atoms with Gasteiger partial charge < -0.3 is 34.3 Å². The Bertz CT molecular complexity index is 2250. The molecule has 0 aliphatic heterocycles. The largest absolute Gasteiger partial charge is 1.00 e. The van der Waals surface area contributed by atoms with Gasteiger partial charge in [0.2, 0.25) is 0 Å². The predicted molar refractivity (Wildman–Crippen MR) is 236 cm³/mol. The fourth-order valence-electron chi connectivity index (χ4n) is 7.54. The molecular formula is C50H64Cl2HfO2Si-2. The monoisotopic (exact) mass is 974 g/mol. The van der Waals surface area contributed by atoms with Crippen LogP contribution in [-0.2, 0) is 33.8 Å². The Morgan fingerprint density at radius 2 is 0.893 bits per heavy atom. The molecule has 6 heteroatoms. The normalized spacial score (nSPS) is 11.3. The Kier molecular flexibility index (Phi) is 17.6. The Morgan fingerprint density at radius 1 is 0.554 bits per heavy atom. The first kappa shape index (κ1) is 49.5. The van der Waals surface area contributed by atoms with E-state index in [2.05, 4.69) is 176 Å². The molecule has 0 unspecified atom stereocenters. The molecule has 56 heavy (non-hydrogen) atoms. The van der Waals surface area contributed by atoms with Crippen LogP contribution in [-0.4, -0.2) is 19.7 Å². The summed E-state index contributed by atoms with van der Waals surface area (Å²) < 4.78 is 12.0. The number of aryl methyl sites for hydroxylation is 5. The Morgan fingerprint density at radius 3 is 1.21 bits per heavy atom. The van der Waals surface area contributed by atoms with Crippen LogP contribution < -0.4 is 34.3 Å². The number of halogens is 2. The summed E-state index contributed by atoms with van der Waals surface area (Å²) in [6.07, 6.45) is 0. The summed E-state index contributed by atoms with van der Waals surface area (Å²) >= 11 is 1.45. The second kappa shape index (κ2) is 19.9. The van der Waals surface area contributed by atoms with Crippen molar-refractivity contribution in [2.24, 2.45) is 0 Å². The van der Waals surface area contributed by atoms with Crippen LogP contribution >= 0.6 is 0 Å². The number of ether oxygens (including phenoxy) is 2. The van der Waals surface area contributed by atoms with E-state index in [9.17, 15) is 0 Å². The van der Waals surface area contributed by atoms with Crippen molar-refractivity contribution in [3.63, 3.8) is 0 Å². The van der Waals surface area contributed by atoms with Crippen molar-refractivity contribution in [1.82, 2.24) is 0 Å². The molecule has 0 aromatic heterocycles. The quantitative estimate of drug-likeness (QED) is 0.128. The van der Waals surface area contributed by atoms with E-state index in [1.807, 2.05) is 0 Å². The van der Waals surface area contributed by atoms with Crippen LogP contribution in [0, 0.1) is 34.6 Å². The first-order valence-corrected chi connectivity index (χ1v) is 27.2. The van der Waals surface area contributed by atoms with Crippen molar-refractivity contribution in [3.05, 3.63) is 117 Å². The first-order valence-electron chi connectivity index (χ1n) is 19.3. The van der Waals surface area contributed by atoms with E-state index >= 15 is 0 Å². The summed E-state index contributed by atoms with van der Waals surface area (Å²) in [5.74, 6) is 2.53. The maximum absolute atomic E-state index is 6.01. The third kappa shape index (κ3) is 11.7. The fourth-order valence-corrected chi connectivity index (χ4v) is 7.54. The van der Waals surface area contributed by atoms with Gasteiger partial charge in [-0.15, -0.1) is 56.9 Å². The van der Waals surface area contributed by atoms with E-state index in [0.717, 1.165) is 11.5 Å². The van der Waals surface area contributed by atoms with Crippen LogP contribution in [0.25, 0.3) is 43.8 Å². The number of methoxy groups -OCH3 is 2. The Hall–Kier alpha value is -2.63. The third-order valence-corrected chi connectivity index (χ3v) is 9.80. The standard InChI is InChI=1S/C25H31O.C23H27O.C2H6Si.2ClH.Hf/c1-15(2)18-12-19-14-22(25(5,6)7)24(26-8)23(21(19)13-18)20-10-16(3)9-17(4)11-20;1-14-8-15(2)11-18(10-14)21-19-12-16(3)9-17(19)13-20(22(21)24-7)23(4,5)6;1-3-2;;;/h9-15H,1-8H3;8-13H,1-7H3;1-2H3;2*1H;/q2*-1;;;;+2/p-2. The fraction of sp³-hybridized carbons (Fsp3) is 0.400. The van der Waals surface area contributed by atoms with Crippen LogP contribution in [0.5, 0.6) is 11.5 Å². The summed E-state index contributed by atoms with van der Waals surface area (Å²) in [7, 11) is 3.59. The van der Waals surface area contributed by atoms with Crippen molar-refractivity contribution in [1.29, 1.82) is 0 Å². The molecule has 6 aromatic carbocycles. The maximum Gasteiger partial charge on any atom is -1.00 e. The molecule has 0 radical (unpaired) electrons. The molecule has 0 saturated heterocycles. The third-order valence-electron chi connectivity index (χ3n) is 9.80. The molecule has 0 spiro atoms. The SMILES string of the molecule is COc1c(C(C)(C)C)cc2[cH-]c(C(C)C)cc2c1-c1cc(C)cc(C)c1.COc1c(C(C)(C)C)cc2[cH-]c(C)cc2c1-c1cc(C)cc(C)c1.C[Si](C)=[Hf+2].[Cl-].[Cl-]. The molecule has 6 aromatic rings. The number of hydrogen-bond donors (Lipinski definition) is 0. The number of fused-ring (bicyclic) bond motifs is 2. The molecule has 0 N–H and O–H groups in total. The molecule has 0 heterocycles. The van der Waals surface area contributed by atoms with Crippen LogP contribution in [0.3, 0.4) is 0 Å². The van der Waals surface area contributed by atoms with Crippen LogP contribution in [0.2, 0.25) is 13.1 Å². The molecule has 0 bridgehead atoms. The minimum Gasteiger partial charge on any atom is -1.00 e. The van der Waals surface area contributed by atoms with Gasteiger partial charge in [0.1, 0.15) is 11.5 Å². The van der Waals surface area contributed by atoms with Gasteiger partial charge in [-0.25, -0.2) is 0 Å². The molecule has 0 fully saturated rings. The van der Waals surface area contributed by atoms with Gasteiger partial charge in [0.25, 0.3) is 0 Å². The van der Waals surface area contributed by atoms with Crippen molar-refractivity contribution in [2.45, 2.75) is 120 Å². The molecule has 0 atom stereocenters. The molecule has 0 aliphatic carbocycles. The van der Waals surface area contributed by atoms with Crippen LogP contribution in [0.1, 0.15) is 106 Å². The van der Waals surface area contributed by atoms with E-state index in [1.165, 1.54) is 111 Å². The minimum absolute atomic E-state index is 0. The number of rotatable bonds is 5. The first-order chi connectivity index (χ1) is 25.0. The van der Waals surface area contributed by atoms with Gasteiger partial charge in [0, 0.05) is 0 Å². The average molecular weight is 975 g/mol. The van der Waals surface area contributed by atoms with Crippen molar-refractivity contribution < 1.29 is 57.3 Å². The van der Waals surface area contributed by atoms with E-state index in [-0.39, 0.29) is 41.1 Å².